The van der Waals surface area contributed by atoms with E-state index in [4.69, 9.17) is 9.47 Å². The summed E-state index contributed by atoms with van der Waals surface area (Å²) < 4.78 is 12.1. The maximum absolute atomic E-state index is 6.03. The molecule has 44 heavy (non-hydrogen) atoms. The Labute approximate surface area is 270 Å². The van der Waals surface area contributed by atoms with Crippen molar-refractivity contribution < 1.29 is 9.47 Å². The minimum absolute atomic E-state index is 0.796. The summed E-state index contributed by atoms with van der Waals surface area (Å²) >= 11 is 0. The Hall–Kier alpha value is -3.00. The van der Waals surface area contributed by atoms with Crippen molar-refractivity contribution in [2.24, 2.45) is 0 Å². The van der Waals surface area contributed by atoms with Gasteiger partial charge in [0.15, 0.2) is 0 Å². The molecule has 2 heteroatoms. The van der Waals surface area contributed by atoms with Crippen molar-refractivity contribution >= 4 is 6.08 Å². The average molecular weight is 597 g/mol. The van der Waals surface area contributed by atoms with Crippen LogP contribution in [-0.2, 0) is 0 Å². The molecule has 0 aliphatic carbocycles. The number of unbranched alkanes of at least 4 members (excludes halogenated alkanes) is 16. The molecular formula is C42H60O2. The summed E-state index contributed by atoms with van der Waals surface area (Å²) in [5.41, 5.74) is 5.89. The highest BCUT2D eigenvalue weighted by molar-refractivity contribution is 5.79. The van der Waals surface area contributed by atoms with Gasteiger partial charge >= 0.3 is 0 Å². The number of hydrogen-bond acceptors (Lipinski definition) is 2. The maximum atomic E-state index is 6.03. The van der Waals surface area contributed by atoms with Crippen LogP contribution in [0.4, 0.5) is 0 Å². The van der Waals surface area contributed by atoms with Gasteiger partial charge in [-0.2, -0.15) is 0 Å². The number of benzene rings is 3. The first-order chi connectivity index (χ1) is 21.7. The fraction of sp³-hybridized carbons (Fsp3) is 0.524. The van der Waals surface area contributed by atoms with Crippen LogP contribution < -0.4 is 9.47 Å². The van der Waals surface area contributed by atoms with E-state index in [1.54, 1.807) is 0 Å². The van der Waals surface area contributed by atoms with Crippen LogP contribution in [0.3, 0.4) is 0 Å². The van der Waals surface area contributed by atoms with Gasteiger partial charge in [0, 0.05) is 0 Å². The van der Waals surface area contributed by atoms with Gasteiger partial charge in [0.1, 0.15) is 11.5 Å². The topological polar surface area (TPSA) is 18.5 Å². The minimum atomic E-state index is 0.796. The molecule has 0 fully saturated rings. The van der Waals surface area contributed by atoms with Gasteiger partial charge in [0.05, 0.1) is 13.2 Å². The number of rotatable bonds is 25. The van der Waals surface area contributed by atoms with Gasteiger partial charge in [-0.25, -0.2) is 0 Å². The van der Waals surface area contributed by atoms with Crippen LogP contribution in [0.5, 0.6) is 11.5 Å². The van der Waals surface area contributed by atoms with Crippen LogP contribution in [0.25, 0.3) is 28.3 Å². The first kappa shape index (κ1) is 35.5. The lowest BCUT2D eigenvalue weighted by Crippen LogP contribution is -1.97. The molecule has 0 aromatic heterocycles. The first-order valence-corrected chi connectivity index (χ1v) is 18.0. The van der Waals surface area contributed by atoms with Crippen LogP contribution in [-0.4, -0.2) is 13.2 Å². The fourth-order valence-corrected chi connectivity index (χ4v) is 5.85. The van der Waals surface area contributed by atoms with Crippen LogP contribution in [0.15, 0.2) is 73.3 Å². The standard InChI is InChI=1S/C42H60O2/c1-4-7-9-11-13-15-17-19-21-33-43-40-28-23-37(24-29-40)39-27-32-42(36(6-3)35-39)38-25-30-41(31-26-38)44-34-22-20-18-16-14-12-10-8-5-2/h6,23-32,35H,3-5,7-22,33-34H2,1-2H3. The zero-order valence-corrected chi connectivity index (χ0v) is 28.1. The first-order valence-electron chi connectivity index (χ1n) is 18.0. The SMILES string of the molecule is C=Cc1cc(-c2ccc(OCCCCCCCCCCC)cc2)ccc1-c1ccc(OCCCCCCCCCCC)cc1. The second kappa shape index (κ2) is 22.5. The Bertz CT molecular complexity index is 1150. The van der Waals surface area contributed by atoms with E-state index in [9.17, 15) is 0 Å². The van der Waals surface area contributed by atoms with E-state index >= 15 is 0 Å². The summed E-state index contributed by atoms with van der Waals surface area (Å²) in [5.74, 6) is 1.90. The van der Waals surface area contributed by atoms with E-state index in [0.717, 1.165) is 43.1 Å². The normalized spacial score (nSPS) is 11.0. The molecule has 0 saturated carbocycles. The maximum Gasteiger partial charge on any atom is 0.119 e. The van der Waals surface area contributed by atoms with Crippen molar-refractivity contribution in [1.82, 2.24) is 0 Å². The minimum Gasteiger partial charge on any atom is -0.494 e. The Morgan fingerprint density at radius 1 is 0.455 bits per heavy atom. The smallest absolute Gasteiger partial charge is 0.119 e. The highest BCUT2D eigenvalue weighted by atomic mass is 16.5. The monoisotopic (exact) mass is 596 g/mol. The van der Waals surface area contributed by atoms with Crippen molar-refractivity contribution in [2.45, 2.75) is 129 Å². The van der Waals surface area contributed by atoms with E-state index in [1.807, 2.05) is 6.08 Å². The van der Waals surface area contributed by atoms with Crippen LogP contribution in [0.1, 0.15) is 135 Å². The molecule has 240 valence electrons. The third-order valence-electron chi connectivity index (χ3n) is 8.66. The second-order valence-electron chi connectivity index (χ2n) is 12.4. The zero-order chi connectivity index (χ0) is 31.1. The molecule has 0 amide bonds. The van der Waals surface area contributed by atoms with Crippen molar-refractivity contribution in [3.63, 3.8) is 0 Å². The summed E-state index contributed by atoms with van der Waals surface area (Å²) in [7, 11) is 0. The Balaban J connectivity index is 1.39. The molecule has 2 nitrogen and oxygen atoms in total. The van der Waals surface area contributed by atoms with Crippen molar-refractivity contribution in [3.8, 4) is 33.8 Å². The third kappa shape index (κ3) is 13.7. The molecule has 0 atom stereocenters. The van der Waals surface area contributed by atoms with E-state index in [-0.39, 0.29) is 0 Å². The Morgan fingerprint density at radius 3 is 1.27 bits per heavy atom. The van der Waals surface area contributed by atoms with Gasteiger partial charge in [-0.1, -0.05) is 166 Å². The lowest BCUT2D eigenvalue weighted by molar-refractivity contribution is 0.304. The largest absolute Gasteiger partial charge is 0.494 e. The summed E-state index contributed by atoms with van der Waals surface area (Å²) in [6.45, 7) is 10.3. The van der Waals surface area contributed by atoms with E-state index in [2.05, 4.69) is 87.2 Å². The van der Waals surface area contributed by atoms with E-state index in [0.29, 0.717) is 0 Å². The highest BCUT2D eigenvalue weighted by Crippen LogP contribution is 2.31. The van der Waals surface area contributed by atoms with E-state index < -0.39 is 0 Å². The second-order valence-corrected chi connectivity index (χ2v) is 12.4. The van der Waals surface area contributed by atoms with Crippen LogP contribution in [0.2, 0.25) is 0 Å². The highest BCUT2D eigenvalue weighted by Gasteiger charge is 2.07. The van der Waals surface area contributed by atoms with Crippen molar-refractivity contribution in [2.75, 3.05) is 13.2 Å². The van der Waals surface area contributed by atoms with Gasteiger partial charge in [-0.05, 0) is 71.0 Å². The summed E-state index contributed by atoms with van der Waals surface area (Å²) in [5, 5.41) is 0. The Morgan fingerprint density at radius 2 is 0.841 bits per heavy atom. The molecular weight excluding hydrogens is 536 g/mol. The number of ether oxygens (including phenoxy) is 2. The molecule has 0 unspecified atom stereocenters. The quantitative estimate of drug-likeness (QED) is 0.0906. The zero-order valence-electron chi connectivity index (χ0n) is 28.1. The van der Waals surface area contributed by atoms with Crippen LogP contribution in [0, 0.1) is 0 Å². The molecule has 0 heterocycles. The third-order valence-corrected chi connectivity index (χ3v) is 8.66. The molecule has 0 aliphatic heterocycles. The molecule has 0 bridgehead atoms. The summed E-state index contributed by atoms with van der Waals surface area (Å²) in [6, 6.07) is 23.7. The Kier molecular flexibility index (Phi) is 18.1. The average Bonchev–Trinajstić information content (AvgIpc) is 3.07. The molecule has 3 rings (SSSR count). The fourth-order valence-electron chi connectivity index (χ4n) is 5.85. The molecule has 0 aliphatic rings. The summed E-state index contributed by atoms with van der Waals surface area (Å²) in [6.07, 6.45) is 25.9. The predicted octanol–water partition coefficient (Wildman–Crippen LogP) is 13.5. The summed E-state index contributed by atoms with van der Waals surface area (Å²) in [4.78, 5) is 0. The van der Waals surface area contributed by atoms with Gasteiger partial charge in [0.2, 0.25) is 0 Å². The van der Waals surface area contributed by atoms with Gasteiger partial charge in [-0.15, -0.1) is 0 Å². The van der Waals surface area contributed by atoms with E-state index in [1.165, 1.54) is 125 Å². The molecule has 0 N–H and O–H groups in total. The molecule has 3 aromatic carbocycles. The molecule has 0 radical (unpaired) electrons. The van der Waals surface area contributed by atoms with Crippen molar-refractivity contribution in [3.05, 3.63) is 78.9 Å². The number of hydrogen-bond donors (Lipinski definition) is 0. The lowest BCUT2D eigenvalue weighted by Gasteiger charge is -2.12. The molecule has 0 saturated heterocycles. The van der Waals surface area contributed by atoms with Gasteiger partial charge < -0.3 is 9.47 Å². The van der Waals surface area contributed by atoms with Gasteiger partial charge in [0.25, 0.3) is 0 Å². The van der Waals surface area contributed by atoms with Gasteiger partial charge in [-0.3, -0.25) is 0 Å². The predicted molar refractivity (Wildman–Crippen MR) is 193 cm³/mol. The lowest BCUT2D eigenvalue weighted by atomic mass is 9.95. The van der Waals surface area contributed by atoms with Crippen molar-refractivity contribution in [1.29, 1.82) is 0 Å². The molecule has 3 aromatic rings. The molecule has 0 spiro atoms. The van der Waals surface area contributed by atoms with Crippen LogP contribution >= 0.6 is 0 Å².